The monoisotopic (exact) mass is 254 g/mol. The van der Waals surface area contributed by atoms with Crippen molar-refractivity contribution in [2.45, 2.75) is 33.2 Å². The molecule has 0 fully saturated rings. The van der Waals surface area contributed by atoms with E-state index in [1.54, 1.807) is 0 Å². The lowest BCUT2D eigenvalue weighted by Crippen LogP contribution is -2.30. The van der Waals surface area contributed by atoms with E-state index in [1.807, 2.05) is 0 Å². The second-order valence-electron chi connectivity index (χ2n) is 5.01. The van der Waals surface area contributed by atoms with Crippen LogP contribution in [0.2, 0.25) is 0 Å². The normalized spacial score (nSPS) is 12.4. The first-order valence-electron chi connectivity index (χ1n) is 6.78. The summed E-state index contributed by atoms with van der Waals surface area (Å²) in [4.78, 5) is 0. The summed E-state index contributed by atoms with van der Waals surface area (Å²) in [7, 11) is 0. The third-order valence-electron chi connectivity index (χ3n) is 3.66. The van der Waals surface area contributed by atoms with E-state index in [4.69, 9.17) is 5.84 Å². The molecule has 0 heterocycles. The topological polar surface area (TPSA) is 38.0 Å². The highest BCUT2D eigenvalue weighted by Crippen LogP contribution is 2.27. The van der Waals surface area contributed by atoms with Crippen molar-refractivity contribution in [2.75, 3.05) is 0 Å². The van der Waals surface area contributed by atoms with Gasteiger partial charge in [0.15, 0.2) is 0 Å². The highest BCUT2D eigenvalue weighted by Gasteiger charge is 2.17. The Bertz CT molecular complexity index is 561. The van der Waals surface area contributed by atoms with E-state index in [9.17, 15) is 0 Å². The Kier molecular flexibility index (Phi) is 4.35. The van der Waals surface area contributed by atoms with E-state index in [0.717, 1.165) is 6.42 Å². The molecule has 0 spiro atoms. The van der Waals surface area contributed by atoms with Crippen LogP contribution in [0.25, 0.3) is 0 Å². The molecule has 2 rings (SSSR count). The lowest BCUT2D eigenvalue weighted by molar-refractivity contribution is 0.628. The van der Waals surface area contributed by atoms with Gasteiger partial charge in [-0.3, -0.25) is 5.84 Å². The molecule has 0 bridgehead atoms. The van der Waals surface area contributed by atoms with Gasteiger partial charge in [-0.25, -0.2) is 5.43 Å². The molecule has 1 atom stereocenters. The van der Waals surface area contributed by atoms with Crippen LogP contribution in [0, 0.1) is 13.8 Å². The number of aryl methyl sites for hydroxylation is 3. The summed E-state index contributed by atoms with van der Waals surface area (Å²) >= 11 is 0. The summed E-state index contributed by atoms with van der Waals surface area (Å²) in [5.74, 6) is 5.83. The molecule has 2 aromatic carbocycles. The van der Waals surface area contributed by atoms with Crippen molar-refractivity contribution in [2.24, 2.45) is 5.84 Å². The van der Waals surface area contributed by atoms with Gasteiger partial charge in [-0.1, -0.05) is 55.0 Å². The first-order chi connectivity index (χ1) is 9.17. The van der Waals surface area contributed by atoms with Gasteiger partial charge in [0, 0.05) is 0 Å². The summed E-state index contributed by atoms with van der Waals surface area (Å²) in [5.41, 5.74) is 9.36. The summed E-state index contributed by atoms with van der Waals surface area (Å²) in [6.45, 7) is 6.42. The van der Waals surface area contributed by atoms with Gasteiger partial charge in [-0.15, -0.1) is 0 Å². The molecule has 0 aliphatic carbocycles. The number of nitrogens with one attached hydrogen (secondary N) is 1. The quantitative estimate of drug-likeness (QED) is 0.648. The average molecular weight is 254 g/mol. The second kappa shape index (κ2) is 6.00. The number of benzene rings is 2. The predicted molar refractivity (Wildman–Crippen MR) is 80.9 cm³/mol. The molecular formula is C17H22N2. The molecule has 0 saturated heterocycles. The molecule has 1 unspecified atom stereocenters. The maximum absolute atomic E-state index is 5.83. The molecule has 3 N–H and O–H groups in total. The maximum atomic E-state index is 5.83. The van der Waals surface area contributed by atoms with Crippen LogP contribution < -0.4 is 11.3 Å². The minimum Gasteiger partial charge on any atom is -0.271 e. The van der Waals surface area contributed by atoms with Gasteiger partial charge in [0.05, 0.1) is 6.04 Å². The van der Waals surface area contributed by atoms with E-state index < -0.39 is 0 Å². The first-order valence-corrected chi connectivity index (χ1v) is 6.78. The Balaban J connectivity index is 2.53. The van der Waals surface area contributed by atoms with Crippen LogP contribution in [-0.4, -0.2) is 0 Å². The van der Waals surface area contributed by atoms with Gasteiger partial charge in [0.2, 0.25) is 0 Å². The largest absolute Gasteiger partial charge is 0.271 e. The number of rotatable bonds is 4. The van der Waals surface area contributed by atoms with Gasteiger partial charge >= 0.3 is 0 Å². The van der Waals surface area contributed by atoms with Gasteiger partial charge in [0.25, 0.3) is 0 Å². The fourth-order valence-corrected chi connectivity index (χ4v) is 2.56. The van der Waals surface area contributed by atoms with Gasteiger partial charge in [-0.05, 0) is 42.5 Å². The van der Waals surface area contributed by atoms with E-state index in [1.165, 1.54) is 27.8 Å². The average Bonchev–Trinajstić information content (AvgIpc) is 2.44. The molecule has 0 saturated carbocycles. The van der Waals surface area contributed by atoms with E-state index >= 15 is 0 Å². The third kappa shape index (κ3) is 2.86. The Hall–Kier alpha value is -1.64. The molecule has 0 aromatic heterocycles. The van der Waals surface area contributed by atoms with Crippen molar-refractivity contribution in [1.29, 1.82) is 0 Å². The van der Waals surface area contributed by atoms with Gasteiger partial charge in [0.1, 0.15) is 0 Å². The van der Waals surface area contributed by atoms with Gasteiger partial charge in [-0.2, -0.15) is 0 Å². The molecular weight excluding hydrogens is 232 g/mol. The van der Waals surface area contributed by atoms with Crippen molar-refractivity contribution in [3.63, 3.8) is 0 Å². The molecule has 0 aliphatic heterocycles. The highest BCUT2D eigenvalue weighted by molar-refractivity contribution is 5.42. The lowest BCUT2D eigenvalue weighted by Gasteiger charge is -2.22. The standard InChI is InChI=1S/C17H22N2/c1-4-14-7-5-6-8-15(14)17(19-18)16-11-12(2)9-10-13(16)3/h5-11,17,19H,4,18H2,1-3H3. The maximum Gasteiger partial charge on any atom is 0.0715 e. The second-order valence-corrected chi connectivity index (χ2v) is 5.01. The van der Waals surface area contributed by atoms with Crippen molar-refractivity contribution in [3.05, 3.63) is 70.3 Å². The van der Waals surface area contributed by atoms with Crippen LogP contribution in [0.15, 0.2) is 42.5 Å². The minimum absolute atomic E-state index is 0.0519. The summed E-state index contributed by atoms with van der Waals surface area (Å²) in [6, 6.07) is 15.0. The van der Waals surface area contributed by atoms with E-state index in [-0.39, 0.29) is 6.04 Å². The lowest BCUT2D eigenvalue weighted by atomic mass is 9.90. The molecule has 2 heteroatoms. The predicted octanol–water partition coefficient (Wildman–Crippen LogP) is 3.42. The van der Waals surface area contributed by atoms with Gasteiger partial charge < -0.3 is 0 Å². The Labute approximate surface area is 115 Å². The van der Waals surface area contributed by atoms with E-state index in [0.29, 0.717) is 0 Å². The molecule has 2 aromatic rings. The van der Waals surface area contributed by atoms with Crippen LogP contribution in [0.5, 0.6) is 0 Å². The van der Waals surface area contributed by atoms with Crippen molar-refractivity contribution >= 4 is 0 Å². The molecule has 2 nitrogen and oxygen atoms in total. The molecule has 100 valence electrons. The summed E-state index contributed by atoms with van der Waals surface area (Å²) in [5, 5.41) is 0. The highest BCUT2D eigenvalue weighted by atomic mass is 15.2. The smallest absolute Gasteiger partial charge is 0.0715 e. The molecule has 0 aliphatic rings. The van der Waals surface area contributed by atoms with Crippen molar-refractivity contribution < 1.29 is 0 Å². The Morgan fingerprint density at radius 2 is 1.79 bits per heavy atom. The van der Waals surface area contributed by atoms with Crippen LogP contribution in [0.3, 0.4) is 0 Å². The fourth-order valence-electron chi connectivity index (χ4n) is 2.56. The number of hydrogen-bond donors (Lipinski definition) is 2. The van der Waals surface area contributed by atoms with Crippen LogP contribution in [0.4, 0.5) is 0 Å². The zero-order valence-corrected chi connectivity index (χ0v) is 11.9. The summed E-state index contributed by atoms with van der Waals surface area (Å²) < 4.78 is 0. The molecule has 0 amide bonds. The number of hydrogen-bond acceptors (Lipinski definition) is 2. The molecule has 0 radical (unpaired) electrons. The van der Waals surface area contributed by atoms with Crippen LogP contribution in [-0.2, 0) is 6.42 Å². The first kappa shape index (κ1) is 13.8. The van der Waals surface area contributed by atoms with Crippen LogP contribution >= 0.6 is 0 Å². The zero-order valence-electron chi connectivity index (χ0n) is 11.9. The summed E-state index contributed by atoms with van der Waals surface area (Å²) in [6.07, 6.45) is 1.01. The minimum atomic E-state index is 0.0519. The SMILES string of the molecule is CCc1ccccc1C(NN)c1cc(C)ccc1C. The third-order valence-corrected chi connectivity index (χ3v) is 3.66. The fraction of sp³-hybridized carbons (Fsp3) is 0.294. The van der Waals surface area contributed by atoms with Crippen molar-refractivity contribution in [3.8, 4) is 0 Å². The Morgan fingerprint density at radius 1 is 1.05 bits per heavy atom. The number of nitrogens with two attached hydrogens (primary N) is 1. The van der Waals surface area contributed by atoms with Crippen LogP contribution in [0.1, 0.15) is 40.8 Å². The zero-order chi connectivity index (χ0) is 13.8. The Morgan fingerprint density at radius 3 is 2.47 bits per heavy atom. The van der Waals surface area contributed by atoms with Crippen molar-refractivity contribution in [1.82, 2.24) is 5.43 Å². The van der Waals surface area contributed by atoms with E-state index in [2.05, 4.69) is 68.7 Å². The molecule has 19 heavy (non-hydrogen) atoms. The number of hydrazine groups is 1.